The zero-order chi connectivity index (χ0) is 26.5. The van der Waals surface area contributed by atoms with Crippen LogP contribution in [0.5, 0.6) is 11.5 Å². The van der Waals surface area contributed by atoms with Gasteiger partial charge in [0.25, 0.3) is 0 Å². The monoisotopic (exact) mass is 608 g/mol. The largest absolute Gasteiger partial charge is 0.507 e. The van der Waals surface area contributed by atoms with Crippen LogP contribution in [0.3, 0.4) is 0 Å². The summed E-state index contributed by atoms with van der Waals surface area (Å²) in [6, 6.07) is 7.97. The Morgan fingerprint density at radius 3 is 1.16 bits per heavy atom. The molecule has 2 rings (SSSR count). The van der Waals surface area contributed by atoms with Crippen molar-refractivity contribution in [2.45, 2.75) is 25.9 Å². The molecule has 0 spiro atoms. The van der Waals surface area contributed by atoms with Gasteiger partial charge in [0.05, 0.1) is 0 Å². The molecule has 206 valence electrons. The predicted molar refractivity (Wildman–Crippen MR) is 164 cm³/mol. The number of phenolic OH excluding ortho intramolecular Hbond substituents is 2. The molecular formula is C28H37Cl5N2O2. The highest BCUT2D eigenvalue weighted by atomic mass is 35.5. The SMILES string of the molecule is C=CCc1cc(-c2cc(CC=C)c(O)c(CN(CCCl)CCCl)c2)cc(CN(CCCl)CCCl)c1O.Cl. The number of rotatable bonds is 17. The summed E-state index contributed by atoms with van der Waals surface area (Å²) in [6.07, 6.45) is 4.61. The maximum atomic E-state index is 11.0. The molecule has 9 heteroatoms. The van der Waals surface area contributed by atoms with E-state index in [0.717, 1.165) is 33.4 Å². The Bertz CT molecular complexity index is 912. The first-order valence-corrected chi connectivity index (χ1v) is 14.2. The fraction of sp³-hybridized carbons (Fsp3) is 0.429. The van der Waals surface area contributed by atoms with E-state index in [2.05, 4.69) is 23.0 Å². The number of phenols is 2. The van der Waals surface area contributed by atoms with Gasteiger partial charge in [0.2, 0.25) is 0 Å². The van der Waals surface area contributed by atoms with Gasteiger partial charge in [0.15, 0.2) is 0 Å². The molecule has 0 heterocycles. The summed E-state index contributed by atoms with van der Waals surface area (Å²) in [5.74, 6) is 2.42. The van der Waals surface area contributed by atoms with Gasteiger partial charge in [-0.05, 0) is 59.4 Å². The van der Waals surface area contributed by atoms with Crippen LogP contribution in [0.4, 0.5) is 0 Å². The number of nitrogens with zero attached hydrogens (tertiary/aromatic N) is 2. The van der Waals surface area contributed by atoms with Gasteiger partial charge in [0, 0.05) is 73.9 Å². The molecule has 2 aromatic rings. The van der Waals surface area contributed by atoms with Crippen LogP contribution in [0.1, 0.15) is 22.3 Å². The second-order valence-electron chi connectivity index (χ2n) is 8.58. The van der Waals surface area contributed by atoms with E-state index in [1.807, 2.05) is 24.3 Å². The highest BCUT2D eigenvalue weighted by molar-refractivity contribution is 6.18. The third-order valence-electron chi connectivity index (χ3n) is 5.99. The number of alkyl halides is 4. The first-order valence-electron chi connectivity index (χ1n) is 12.0. The Kier molecular flexibility index (Phi) is 16.7. The zero-order valence-corrected chi connectivity index (χ0v) is 24.9. The summed E-state index contributed by atoms with van der Waals surface area (Å²) in [4.78, 5) is 4.25. The molecule has 0 amide bonds. The summed E-state index contributed by atoms with van der Waals surface area (Å²) in [5.41, 5.74) is 5.07. The van der Waals surface area contributed by atoms with Gasteiger partial charge in [-0.25, -0.2) is 0 Å². The van der Waals surface area contributed by atoms with E-state index in [1.54, 1.807) is 12.2 Å². The van der Waals surface area contributed by atoms with Crippen LogP contribution in [0.15, 0.2) is 49.6 Å². The molecule has 0 aliphatic rings. The smallest absolute Gasteiger partial charge is 0.123 e. The van der Waals surface area contributed by atoms with Gasteiger partial charge in [-0.1, -0.05) is 12.2 Å². The third kappa shape index (κ3) is 10.2. The van der Waals surface area contributed by atoms with Crippen LogP contribution in [-0.4, -0.2) is 69.7 Å². The average Bonchev–Trinajstić information content (AvgIpc) is 2.84. The van der Waals surface area contributed by atoms with Crippen LogP contribution in [0.25, 0.3) is 11.1 Å². The Balaban J connectivity index is 0.00000684. The fourth-order valence-corrected chi connectivity index (χ4v) is 5.17. The molecule has 2 N–H and O–H groups in total. The molecule has 0 radical (unpaired) electrons. The van der Waals surface area contributed by atoms with E-state index in [-0.39, 0.29) is 23.9 Å². The maximum Gasteiger partial charge on any atom is 0.123 e. The standard InChI is InChI=1S/C28H36Cl4N2O2.ClH/c1-3-5-21-15-23(17-25(27(21)35)19-33(11-7-29)12-8-30)24-16-22(6-4-2)28(36)26(18-24)20-34(13-9-31)14-10-32;/h3-4,15-18,35-36H,1-2,5-14,19-20H2;1H. The van der Waals surface area contributed by atoms with E-state index in [9.17, 15) is 10.2 Å². The van der Waals surface area contributed by atoms with Crippen LogP contribution in [-0.2, 0) is 25.9 Å². The summed E-state index contributed by atoms with van der Waals surface area (Å²) < 4.78 is 0. The topological polar surface area (TPSA) is 46.9 Å². The number of hydrogen-bond donors (Lipinski definition) is 2. The van der Waals surface area contributed by atoms with Crippen molar-refractivity contribution in [1.29, 1.82) is 0 Å². The van der Waals surface area contributed by atoms with E-state index in [0.29, 0.717) is 75.6 Å². The summed E-state index contributed by atoms with van der Waals surface area (Å²) >= 11 is 24.0. The normalized spacial score (nSPS) is 11.1. The zero-order valence-electron chi connectivity index (χ0n) is 21.1. The minimum Gasteiger partial charge on any atom is -0.507 e. The van der Waals surface area contributed by atoms with Crippen molar-refractivity contribution < 1.29 is 10.2 Å². The molecule has 0 saturated heterocycles. The van der Waals surface area contributed by atoms with Gasteiger partial charge in [-0.15, -0.1) is 72.0 Å². The second kappa shape index (κ2) is 18.2. The van der Waals surface area contributed by atoms with Crippen molar-refractivity contribution in [3.8, 4) is 22.6 Å². The van der Waals surface area contributed by atoms with Gasteiger partial charge >= 0.3 is 0 Å². The van der Waals surface area contributed by atoms with E-state index < -0.39 is 0 Å². The first-order chi connectivity index (χ1) is 17.4. The highest BCUT2D eigenvalue weighted by Crippen LogP contribution is 2.36. The lowest BCUT2D eigenvalue weighted by Crippen LogP contribution is -2.27. The van der Waals surface area contributed by atoms with E-state index in [1.165, 1.54) is 0 Å². The first kappa shape index (κ1) is 33.9. The van der Waals surface area contributed by atoms with Crippen molar-refractivity contribution in [2.75, 3.05) is 49.7 Å². The van der Waals surface area contributed by atoms with Crippen molar-refractivity contribution in [1.82, 2.24) is 9.80 Å². The minimum absolute atomic E-state index is 0. The van der Waals surface area contributed by atoms with Gasteiger partial charge in [0.1, 0.15) is 11.5 Å². The van der Waals surface area contributed by atoms with Crippen molar-refractivity contribution in [3.05, 3.63) is 71.8 Å². The molecule has 0 saturated carbocycles. The number of hydrogen-bond acceptors (Lipinski definition) is 4. The third-order valence-corrected chi connectivity index (χ3v) is 6.66. The highest BCUT2D eigenvalue weighted by Gasteiger charge is 2.17. The van der Waals surface area contributed by atoms with E-state index >= 15 is 0 Å². The molecule has 0 aliphatic heterocycles. The van der Waals surface area contributed by atoms with Crippen LogP contribution < -0.4 is 0 Å². The lowest BCUT2D eigenvalue weighted by atomic mass is 9.93. The molecule has 0 fully saturated rings. The molecule has 0 unspecified atom stereocenters. The number of halogens is 5. The molecule has 0 atom stereocenters. The lowest BCUT2D eigenvalue weighted by molar-refractivity contribution is 0.294. The molecule has 4 nitrogen and oxygen atoms in total. The fourth-order valence-electron chi connectivity index (χ4n) is 4.22. The van der Waals surface area contributed by atoms with Gasteiger partial charge < -0.3 is 10.2 Å². The quantitative estimate of drug-likeness (QED) is 0.147. The number of allylic oxidation sites excluding steroid dienone is 2. The van der Waals surface area contributed by atoms with Crippen molar-refractivity contribution in [3.63, 3.8) is 0 Å². The average molecular weight is 611 g/mol. The van der Waals surface area contributed by atoms with Gasteiger partial charge in [-0.3, -0.25) is 9.80 Å². The molecule has 0 aliphatic carbocycles. The Labute approximate surface area is 247 Å². The van der Waals surface area contributed by atoms with Crippen LogP contribution >= 0.6 is 58.8 Å². The Hall–Kier alpha value is -1.11. The summed E-state index contributed by atoms with van der Waals surface area (Å²) in [6.45, 7) is 11.4. The van der Waals surface area contributed by atoms with Crippen LogP contribution in [0.2, 0.25) is 0 Å². The van der Waals surface area contributed by atoms with Crippen LogP contribution in [0, 0.1) is 0 Å². The predicted octanol–water partition coefficient (Wildman–Crippen LogP) is 7.20. The Morgan fingerprint density at radius 1 is 0.595 bits per heavy atom. The van der Waals surface area contributed by atoms with Crippen molar-refractivity contribution in [2.24, 2.45) is 0 Å². The molecule has 0 bridgehead atoms. The summed E-state index contributed by atoms with van der Waals surface area (Å²) in [7, 11) is 0. The molecule has 2 aromatic carbocycles. The minimum atomic E-state index is 0. The number of benzene rings is 2. The maximum absolute atomic E-state index is 11.0. The Morgan fingerprint density at radius 2 is 0.892 bits per heavy atom. The lowest BCUT2D eigenvalue weighted by Gasteiger charge is -2.23. The molecule has 0 aromatic heterocycles. The van der Waals surface area contributed by atoms with E-state index in [4.69, 9.17) is 46.4 Å². The summed E-state index contributed by atoms with van der Waals surface area (Å²) in [5, 5.41) is 22.1. The molecular weight excluding hydrogens is 574 g/mol. The van der Waals surface area contributed by atoms with Gasteiger partial charge in [-0.2, -0.15) is 0 Å². The number of aromatic hydroxyl groups is 2. The van der Waals surface area contributed by atoms with Crippen molar-refractivity contribution >= 4 is 58.8 Å². The second-order valence-corrected chi connectivity index (χ2v) is 10.1. The molecule has 37 heavy (non-hydrogen) atoms.